The zero-order chi connectivity index (χ0) is 9.61. The fourth-order valence-electron chi connectivity index (χ4n) is 0.966. The Morgan fingerprint density at radius 2 is 1.58 bits per heavy atom. The van der Waals surface area contributed by atoms with E-state index in [1.54, 1.807) is 0 Å². The van der Waals surface area contributed by atoms with E-state index in [-0.39, 0.29) is 0 Å². The smallest absolute Gasteiger partial charge is 0.317 e. The monoisotopic (exact) mass is 197 g/mol. The summed E-state index contributed by atoms with van der Waals surface area (Å²) in [5, 5.41) is 3.32. The second-order valence-corrected chi connectivity index (χ2v) is 3.78. The fraction of sp³-hybridized carbons (Fsp3) is 1.00. The molecule has 1 heterocycles. The fourth-order valence-corrected chi connectivity index (χ4v) is 0.966. The Labute approximate surface area is 72.7 Å². The molecule has 0 aromatic rings. The third-order valence-electron chi connectivity index (χ3n) is 1.63. The lowest BCUT2D eigenvalue weighted by Crippen LogP contribution is -2.26. The van der Waals surface area contributed by atoms with Crippen LogP contribution in [0.15, 0.2) is 0 Å². The van der Waals surface area contributed by atoms with Gasteiger partial charge in [0.25, 0.3) is 0 Å². The van der Waals surface area contributed by atoms with Crippen molar-refractivity contribution < 1.29 is 17.5 Å². The first-order chi connectivity index (χ1) is 5.39. The molecule has 0 amide bonds. The molecule has 0 bridgehead atoms. The maximum Gasteiger partial charge on any atom is 0.394 e. The predicted octanol–water partition coefficient (Wildman–Crippen LogP) is 0.353. The lowest BCUT2D eigenvalue weighted by Gasteiger charge is -2.17. The lowest BCUT2D eigenvalue weighted by molar-refractivity contribution is 0.381. The highest BCUT2D eigenvalue weighted by Crippen LogP contribution is 2.08. The Bertz CT molecular complexity index is 188. The van der Waals surface area contributed by atoms with E-state index in [2.05, 4.69) is 12.2 Å². The van der Waals surface area contributed by atoms with Crippen molar-refractivity contribution in [3.05, 3.63) is 0 Å². The molecule has 0 spiro atoms. The molecule has 0 aliphatic carbocycles. The number of hydrogen-bond acceptors (Lipinski definition) is 3. The molecule has 0 saturated carbocycles. The molecule has 1 aliphatic rings. The molecule has 0 atom stereocenters. The molecule has 0 aromatic carbocycles. The molecule has 1 aliphatic heterocycles. The molecule has 3 N–H and O–H groups in total. The van der Waals surface area contributed by atoms with Crippen LogP contribution in [0.3, 0.4) is 0 Å². The Balaban J connectivity index is 0.000000217. The summed E-state index contributed by atoms with van der Waals surface area (Å²) in [6.07, 6.45) is 2.75. The summed E-state index contributed by atoms with van der Waals surface area (Å²) in [6, 6.07) is 0. The number of nitrogens with one attached hydrogen (secondary N) is 1. The van der Waals surface area contributed by atoms with Crippen molar-refractivity contribution in [1.29, 1.82) is 0 Å². The summed E-state index contributed by atoms with van der Waals surface area (Å²) >= 11 is 0. The summed E-state index contributed by atoms with van der Waals surface area (Å²) < 4.78 is 31.6. The van der Waals surface area contributed by atoms with Crippen LogP contribution in [0.25, 0.3) is 0 Å². The van der Waals surface area contributed by atoms with Gasteiger partial charge in [-0.05, 0) is 31.8 Å². The first-order valence-corrected chi connectivity index (χ1v) is 5.20. The molecule has 0 unspecified atom stereocenters. The van der Waals surface area contributed by atoms with Gasteiger partial charge in [-0.3, -0.25) is 9.11 Å². The Hall–Kier alpha value is -0.170. The van der Waals surface area contributed by atoms with E-state index in [1.165, 1.54) is 25.9 Å². The summed E-state index contributed by atoms with van der Waals surface area (Å²) in [5.74, 6) is 0.973. The van der Waals surface area contributed by atoms with Crippen molar-refractivity contribution >= 4 is 10.4 Å². The molecule has 1 rings (SSSR count). The van der Waals surface area contributed by atoms with Crippen LogP contribution in [0, 0.1) is 5.92 Å². The molecule has 0 aromatic heterocycles. The van der Waals surface area contributed by atoms with Gasteiger partial charge in [-0.2, -0.15) is 8.42 Å². The summed E-state index contributed by atoms with van der Waals surface area (Å²) in [6.45, 7) is 4.79. The van der Waals surface area contributed by atoms with Crippen LogP contribution < -0.4 is 5.32 Å². The lowest BCUT2D eigenvalue weighted by atomic mass is 10.0. The normalized spacial score (nSPS) is 19.6. The Morgan fingerprint density at radius 3 is 1.75 bits per heavy atom. The molecule has 1 saturated heterocycles. The number of piperidine rings is 1. The van der Waals surface area contributed by atoms with E-state index in [0.717, 1.165) is 5.92 Å². The minimum absolute atomic E-state index is 0.973. The molecule has 0 radical (unpaired) electrons. The number of hydrogen-bond donors (Lipinski definition) is 3. The van der Waals surface area contributed by atoms with E-state index < -0.39 is 10.4 Å². The molecule has 12 heavy (non-hydrogen) atoms. The summed E-state index contributed by atoms with van der Waals surface area (Å²) in [5.41, 5.74) is 0. The Kier molecular flexibility index (Phi) is 5.39. The highest BCUT2D eigenvalue weighted by atomic mass is 32.3. The first-order valence-electron chi connectivity index (χ1n) is 3.80. The minimum Gasteiger partial charge on any atom is -0.317 e. The molecule has 74 valence electrons. The summed E-state index contributed by atoms with van der Waals surface area (Å²) in [4.78, 5) is 0. The molecule has 1 fully saturated rings. The van der Waals surface area contributed by atoms with E-state index in [4.69, 9.17) is 17.5 Å². The minimum atomic E-state index is -4.67. The van der Waals surface area contributed by atoms with Gasteiger partial charge in [0.1, 0.15) is 0 Å². The maximum absolute atomic E-state index is 8.74. The Morgan fingerprint density at radius 1 is 1.25 bits per heavy atom. The SMILES string of the molecule is CC1CCNCC1.O=S(=O)(O)O. The van der Waals surface area contributed by atoms with Crippen molar-refractivity contribution in [1.82, 2.24) is 5.32 Å². The molecular formula is C6H15NO4S. The van der Waals surface area contributed by atoms with Crippen LogP contribution in [0.4, 0.5) is 0 Å². The topological polar surface area (TPSA) is 86.6 Å². The van der Waals surface area contributed by atoms with Crippen molar-refractivity contribution in [2.45, 2.75) is 19.8 Å². The molecule has 6 heteroatoms. The highest BCUT2D eigenvalue weighted by molar-refractivity contribution is 7.79. The van der Waals surface area contributed by atoms with Crippen molar-refractivity contribution in [3.8, 4) is 0 Å². The van der Waals surface area contributed by atoms with Gasteiger partial charge >= 0.3 is 10.4 Å². The first kappa shape index (κ1) is 11.8. The standard InChI is InChI=1S/C6H13N.H2O4S/c1-6-2-4-7-5-3-6;1-5(2,3)4/h6-7H,2-5H2,1H3;(H2,1,2,3,4). The second-order valence-electron chi connectivity index (χ2n) is 2.88. The van der Waals surface area contributed by atoms with E-state index in [0.29, 0.717) is 0 Å². The van der Waals surface area contributed by atoms with Gasteiger partial charge in [-0.1, -0.05) is 6.92 Å². The van der Waals surface area contributed by atoms with Crippen LogP contribution in [0.1, 0.15) is 19.8 Å². The van der Waals surface area contributed by atoms with Crippen LogP contribution in [-0.4, -0.2) is 30.6 Å². The third-order valence-corrected chi connectivity index (χ3v) is 1.63. The molecule has 5 nitrogen and oxygen atoms in total. The maximum atomic E-state index is 8.74. The predicted molar refractivity (Wildman–Crippen MR) is 45.4 cm³/mol. The van der Waals surface area contributed by atoms with E-state index in [9.17, 15) is 0 Å². The zero-order valence-electron chi connectivity index (χ0n) is 7.02. The van der Waals surface area contributed by atoms with Gasteiger partial charge in [0, 0.05) is 0 Å². The van der Waals surface area contributed by atoms with Gasteiger partial charge in [-0.15, -0.1) is 0 Å². The quantitative estimate of drug-likeness (QED) is 0.488. The summed E-state index contributed by atoms with van der Waals surface area (Å²) in [7, 11) is -4.67. The van der Waals surface area contributed by atoms with Crippen LogP contribution in [0.5, 0.6) is 0 Å². The van der Waals surface area contributed by atoms with Crippen LogP contribution in [0.2, 0.25) is 0 Å². The van der Waals surface area contributed by atoms with Gasteiger partial charge in [0.05, 0.1) is 0 Å². The van der Waals surface area contributed by atoms with Crippen LogP contribution in [-0.2, 0) is 10.4 Å². The van der Waals surface area contributed by atoms with E-state index >= 15 is 0 Å². The zero-order valence-corrected chi connectivity index (χ0v) is 7.84. The molecular weight excluding hydrogens is 182 g/mol. The average molecular weight is 197 g/mol. The van der Waals surface area contributed by atoms with Crippen molar-refractivity contribution in [2.24, 2.45) is 5.92 Å². The largest absolute Gasteiger partial charge is 0.394 e. The van der Waals surface area contributed by atoms with Gasteiger partial charge in [0.15, 0.2) is 0 Å². The third kappa shape index (κ3) is 12.5. The van der Waals surface area contributed by atoms with Gasteiger partial charge < -0.3 is 5.32 Å². The number of rotatable bonds is 0. The highest BCUT2D eigenvalue weighted by Gasteiger charge is 2.04. The second kappa shape index (κ2) is 5.47. The van der Waals surface area contributed by atoms with Crippen molar-refractivity contribution in [2.75, 3.05) is 13.1 Å². The van der Waals surface area contributed by atoms with E-state index in [1.807, 2.05) is 0 Å². The average Bonchev–Trinajstić information content (AvgIpc) is 1.85. The van der Waals surface area contributed by atoms with Gasteiger partial charge in [0.2, 0.25) is 0 Å². The van der Waals surface area contributed by atoms with Gasteiger partial charge in [-0.25, -0.2) is 0 Å². The van der Waals surface area contributed by atoms with Crippen LogP contribution >= 0.6 is 0 Å². The van der Waals surface area contributed by atoms with Crippen molar-refractivity contribution in [3.63, 3.8) is 0 Å².